The second-order valence-electron chi connectivity index (χ2n) is 12.2. The third-order valence-corrected chi connectivity index (χ3v) is 9.79. The Morgan fingerprint density at radius 1 is 0.979 bits per heavy atom. The molecule has 0 aliphatic carbocycles. The number of esters is 1. The summed E-state index contributed by atoms with van der Waals surface area (Å²) in [6.07, 6.45) is -0.477. The van der Waals surface area contributed by atoms with Crippen LogP contribution in [0.4, 0.5) is 15.8 Å². The molecule has 11 nitrogen and oxygen atoms in total. The van der Waals surface area contributed by atoms with E-state index in [1.807, 2.05) is 12.1 Å². The summed E-state index contributed by atoms with van der Waals surface area (Å²) in [5, 5.41) is 6.92. The number of ether oxygens (including phenoxy) is 2. The summed E-state index contributed by atoms with van der Waals surface area (Å²) in [5.41, 5.74) is 4.05. The number of carbonyl (C=O) groups is 3. The fraction of sp³-hybridized carbons (Fsp3) is 0.371. The minimum absolute atomic E-state index is 0.0269. The van der Waals surface area contributed by atoms with E-state index in [0.717, 1.165) is 56.2 Å². The van der Waals surface area contributed by atoms with Gasteiger partial charge in [-0.15, -0.1) is 0 Å². The van der Waals surface area contributed by atoms with Crippen molar-refractivity contribution in [3.63, 3.8) is 0 Å². The average Bonchev–Trinajstić information content (AvgIpc) is 3.58. The lowest BCUT2D eigenvalue weighted by Crippen LogP contribution is -2.57. The van der Waals surface area contributed by atoms with Crippen molar-refractivity contribution in [2.45, 2.75) is 31.0 Å². The molecule has 0 spiro atoms. The Bertz CT molecular complexity index is 1760. The van der Waals surface area contributed by atoms with Gasteiger partial charge in [-0.2, -0.15) is 0 Å². The molecule has 0 bridgehead atoms. The number of fused-ring (bicyclic) bond motifs is 1. The van der Waals surface area contributed by atoms with Gasteiger partial charge in [-0.25, -0.2) is 9.18 Å². The topological polar surface area (TPSA) is 113 Å². The third kappa shape index (κ3) is 6.11. The fourth-order valence-electron chi connectivity index (χ4n) is 6.83. The molecule has 3 aromatic rings. The first-order valence-corrected chi connectivity index (χ1v) is 16.4. The van der Waals surface area contributed by atoms with Crippen LogP contribution in [0, 0.1) is 5.82 Å². The van der Waals surface area contributed by atoms with Crippen molar-refractivity contribution < 1.29 is 33.1 Å². The van der Waals surface area contributed by atoms with E-state index in [-0.39, 0.29) is 29.3 Å². The van der Waals surface area contributed by atoms with Crippen LogP contribution >= 0.6 is 11.6 Å². The van der Waals surface area contributed by atoms with Crippen LogP contribution in [-0.2, 0) is 30.3 Å². The lowest BCUT2D eigenvalue weighted by atomic mass is 9.89. The number of halogens is 2. The molecule has 2 saturated heterocycles. The van der Waals surface area contributed by atoms with Gasteiger partial charge in [0.25, 0.3) is 11.8 Å². The number of amides is 2. The first-order chi connectivity index (χ1) is 23.3. The summed E-state index contributed by atoms with van der Waals surface area (Å²) in [6, 6.07) is 16.3. The summed E-state index contributed by atoms with van der Waals surface area (Å²) < 4.78 is 25.0. The maximum absolute atomic E-state index is 14.8. The number of carbonyl (C=O) groups excluding carboxylic acids is 3. The van der Waals surface area contributed by atoms with Crippen LogP contribution in [-0.4, -0.2) is 98.5 Å². The highest BCUT2D eigenvalue weighted by atomic mass is 35.5. The molecule has 4 aliphatic rings. The first kappa shape index (κ1) is 32.0. The van der Waals surface area contributed by atoms with Crippen molar-refractivity contribution in [3.05, 3.63) is 93.8 Å². The maximum atomic E-state index is 14.8. The Hall–Kier alpha value is -4.52. The number of nitrogens with one attached hydrogen (secondary N) is 1. The zero-order valence-corrected chi connectivity index (χ0v) is 27.1. The predicted molar refractivity (Wildman–Crippen MR) is 177 cm³/mol. The number of oxime groups is 1. The second kappa shape index (κ2) is 13.5. The monoisotopic (exact) mass is 675 g/mol. The molecule has 7 rings (SSSR count). The molecule has 0 radical (unpaired) electrons. The standard InChI is InChI=1S/C35H35ClFN5O6/c1-46-35(45)21-8-10-22(11-9-21)38-33(43)32-25-4-3-7-29(41-16-14-40(15-17-41)23-19-47-20-23)24(25)12-13-42(32)34(44)30-18-28(39-48-30)26-5-2-6-27(36)31(26)37/h2-11,23,30,32H,12-20H2,1H3,(H,38,43)/t30-,32+/m1/s1. The number of rotatable bonds is 7. The van der Waals surface area contributed by atoms with Gasteiger partial charge < -0.3 is 29.4 Å². The molecule has 4 heterocycles. The van der Waals surface area contributed by atoms with E-state index >= 15 is 0 Å². The van der Waals surface area contributed by atoms with Crippen LogP contribution in [0.2, 0.25) is 5.02 Å². The zero-order chi connectivity index (χ0) is 33.4. The summed E-state index contributed by atoms with van der Waals surface area (Å²) in [6.45, 7) is 5.34. The molecule has 48 heavy (non-hydrogen) atoms. The summed E-state index contributed by atoms with van der Waals surface area (Å²) in [5.74, 6) is -1.96. The minimum atomic E-state index is -1.04. The van der Waals surface area contributed by atoms with Crippen LogP contribution in [0.1, 0.15) is 39.5 Å². The molecule has 0 aromatic heterocycles. The Morgan fingerprint density at radius 2 is 1.73 bits per heavy atom. The van der Waals surface area contributed by atoms with Gasteiger partial charge in [0.2, 0.25) is 6.10 Å². The highest BCUT2D eigenvalue weighted by Gasteiger charge is 2.43. The number of benzene rings is 3. The SMILES string of the molecule is COC(=O)c1ccc(NC(=O)[C@@H]2c3cccc(N4CCN(C5COC5)CC4)c3CCN2C(=O)[C@H]2CC(c3cccc(Cl)c3F)=NO2)cc1. The molecule has 13 heteroatoms. The quantitative estimate of drug-likeness (QED) is 0.374. The Balaban J connectivity index is 1.15. The van der Waals surface area contributed by atoms with Crippen LogP contribution in [0.5, 0.6) is 0 Å². The molecule has 0 saturated carbocycles. The number of anilines is 2. The smallest absolute Gasteiger partial charge is 0.337 e. The van der Waals surface area contributed by atoms with Crippen LogP contribution in [0.3, 0.4) is 0 Å². The molecule has 2 fully saturated rings. The molecule has 0 unspecified atom stereocenters. The molecule has 1 N–H and O–H groups in total. The van der Waals surface area contributed by atoms with Crippen molar-refractivity contribution in [2.24, 2.45) is 5.16 Å². The average molecular weight is 676 g/mol. The van der Waals surface area contributed by atoms with Gasteiger partial charge in [0.15, 0.2) is 5.82 Å². The molecule has 250 valence electrons. The van der Waals surface area contributed by atoms with Gasteiger partial charge in [0.05, 0.1) is 42.7 Å². The molecule has 2 amide bonds. The lowest BCUT2D eigenvalue weighted by molar-refractivity contribution is -0.148. The van der Waals surface area contributed by atoms with Crippen LogP contribution in [0.25, 0.3) is 0 Å². The molecular formula is C35H35ClFN5O6. The minimum Gasteiger partial charge on any atom is -0.465 e. The van der Waals surface area contributed by atoms with Gasteiger partial charge in [0.1, 0.15) is 6.04 Å². The van der Waals surface area contributed by atoms with E-state index in [2.05, 4.69) is 26.3 Å². The molecular weight excluding hydrogens is 641 g/mol. The normalized spacial score (nSPS) is 21.1. The molecule has 4 aliphatic heterocycles. The number of methoxy groups -OCH3 is 1. The maximum Gasteiger partial charge on any atom is 0.337 e. The highest BCUT2D eigenvalue weighted by Crippen LogP contribution is 2.38. The van der Waals surface area contributed by atoms with E-state index in [1.165, 1.54) is 24.1 Å². The number of nitrogens with zero attached hydrogens (tertiary/aromatic N) is 4. The first-order valence-electron chi connectivity index (χ1n) is 16.0. The third-order valence-electron chi connectivity index (χ3n) is 9.50. The van der Waals surface area contributed by atoms with Crippen molar-refractivity contribution in [2.75, 3.05) is 63.3 Å². The Morgan fingerprint density at radius 3 is 2.44 bits per heavy atom. The number of piperazine rings is 1. The van der Waals surface area contributed by atoms with Crippen molar-refractivity contribution in [3.8, 4) is 0 Å². The highest BCUT2D eigenvalue weighted by molar-refractivity contribution is 6.31. The van der Waals surface area contributed by atoms with Gasteiger partial charge in [-0.05, 0) is 60.0 Å². The van der Waals surface area contributed by atoms with Crippen molar-refractivity contribution in [1.82, 2.24) is 9.80 Å². The predicted octanol–water partition coefficient (Wildman–Crippen LogP) is 4.04. The number of hydrogen-bond acceptors (Lipinski definition) is 9. The Kier molecular flexibility index (Phi) is 9.04. The molecule has 3 aromatic carbocycles. The van der Waals surface area contributed by atoms with Gasteiger partial charge in [-0.3, -0.25) is 14.5 Å². The van der Waals surface area contributed by atoms with Gasteiger partial charge >= 0.3 is 5.97 Å². The van der Waals surface area contributed by atoms with Crippen LogP contribution in [0.15, 0.2) is 65.8 Å². The zero-order valence-electron chi connectivity index (χ0n) is 26.4. The van der Waals surface area contributed by atoms with Crippen molar-refractivity contribution >= 4 is 46.5 Å². The van der Waals surface area contributed by atoms with E-state index in [4.69, 9.17) is 25.9 Å². The summed E-state index contributed by atoms with van der Waals surface area (Å²) in [7, 11) is 1.30. The largest absolute Gasteiger partial charge is 0.465 e. The number of hydrogen-bond donors (Lipinski definition) is 1. The molecule has 2 atom stereocenters. The summed E-state index contributed by atoms with van der Waals surface area (Å²) >= 11 is 5.99. The van der Waals surface area contributed by atoms with E-state index in [9.17, 15) is 18.8 Å². The van der Waals surface area contributed by atoms with E-state index < -0.39 is 35.7 Å². The van der Waals surface area contributed by atoms with E-state index in [0.29, 0.717) is 23.7 Å². The fourth-order valence-corrected chi connectivity index (χ4v) is 7.00. The summed E-state index contributed by atoms with van der Waals surface area (Å²) in [4.78, 5) is 52.2. The van der Waals surface area contributed by atoms with Crippen molar-refractivity contribution in [1.29, 1.82) is 0 Å². The van der Waals surface area contributed by atoms with Crippen LogP contribution < -0.4 is 10.2 Å². The van der Waals surface area contributed by atoms with Gasteiger partial charge in [0, 0.05) is 56.1 Å². The Labute approximate surface area is 282 Å². The second-order valence-corrected chi connectivity index (χ2v) is 12.6. The van der Waals surface area contributed by atoms with E-state index in [1.54, 1.807) is 30.3 Å². The van der Waals surface area contributed by atoms with Gasteiger partial charge in [-0.1, -0.05) is 35.0 Å². The lowest BCUT2D eigenvalue weighted by Gasteiger charge is -2.44.